The van der Waals surface area contributed by atoms with Crippen molar-refractivity contribution in [2.75, 3.05) is 5.32 Å². The maximum absolute atomic E-state index is 6.07. The zero-order valence-corrected chi connectivity index (χ0v) is 9.50. The van der Waals surface area contributed by atoms with Gasteiger partial charge in [0.1, 0.15) is 0 Å². The predicted octanol–water partition coefficient (Wildman–Crippen LogP) is 3.02. The Hall–Kier alpha value is -0.730. The molecule has 0 aromatic heterocycles. The first-order chi connectivity index (χ1) is 7.25. The quantitative estimate of drug-likeness (QED) is 0.811. The van der Waals surface area contributed by atoms with Crippen LogP contribution in [0.25, 0.3) is 0 Å². The van der Waals surface area contributed by atoms with E-state index in [4.69, 9.17) is 17.3 Å². The first-order valence-electron chi connectivity index (χ1n) is 5.53. The molecule has 2 atom stereocenters. The SMILES string of the molecule is N[C@@H]1CCCC[C@H]1Nc1cccc(Cl)c1. The van der Waals surface area contributed by atoms with E-state index in [1.54, 1.807) is 0 Å². The molecule has 0 saturated heterocycles. The van der Waals surface area contributed by atoms with E-state index in [9.17, 15) is 0 Å². The summed E-state index contributed by atoms with van der Waals surface area (Å²) in [5.41, 5.74) is 7.14. The van der Waals surface area contributed by atoms with Crippen LogP contribution in [0.3, 0.4) is 0 Å². The molecule has 3 heteroatoms. The van der Waals surface area contributed by atoms with Crippen LogP contribution in [0, 0.1) is 0 Å². The van der Waals surface area contributed by atoms with Crippen LogP contribution in [0.15, 0.2) is 24.3 Å². The van der Waals surface area contributed by atoms with E-state index in [2.05, 4.69) is 5.32 Å². The molecule has 0 amide bonds. The number of hydrogen-bond acceptors (Lipinski definition) is 2. The van der Waals surface area contributed by atoms with Crippen LogP contribution in [-0.4, -0.2) is 12.1 Å². The van der Waals surface area contributed by atoms with Crippen LogP contribution in [0.5, 0.6) is 0 Å². The maximum atomic E-state index is 6.07. The average Bonchev–Trinajstić information content (AvgIpc) is 2.22. The predicted molar refractivity (Wildman–Crippen MR) is 65.3 cm³/mol. The Morgan fingerprint density at radius 2 is 2.07 bits per heavy atom. The Bertz CT molecular complexity index is 327. The number of halogens is 1. The van der Waals surface area contributed by atoms with Gasteiger partial charge in [-0.05, 0) is 31.0 Å². The summed E-state index contributed by atoms with van der Waals surface area (Å²) < 4.78 is 0. The van der Waals surface area contributed by atoms with Crippen molar-refractivity contribution in [2.24, 2.45) is 5.73 Å². The normalized spacial score (nSPS) is 26.3. The van der Waals surface area contributed by atoms with E-state index in [1.807, 2.05) is 24.3 Å². The Kier molecular flexibility index (Phi) is 3.49. The fourth-order valence-corrected chi connectivity index (χ4v) is 2.32. The largest absolute Gasteiger partial charge is 0.381 e. The van der Waals surface area contributed by atoms with Crippen LogP contribution in [-0.2, 0) is 0 Å². The highest BCUT2D eigenvalue weighted by Gasteiger charge is 2.21. The lowest BCUT2D eigenvalue weighted by atomic mass is 9.91. The highest BCUT2D eigenvalue weighted by molar-refractivity contribution is 6.30. The molecule has 15 heavy (non-hydrogen) atoms. The topological polar surface area (TPSA) is 38.0 Å². The molecule has 2 nitrogen and oxygen atoms in total. The zero-order chi connectivity index (χ0) is 10.7. The van der Waals surface area contributed by atoms with Crippen LogP contribution in [0.1, 0.15) is 25.7 Å². The molecule has 1 aromatic carbocycles. The molecule has 82 valence electrons. The Morgan fingerprint density at radius 3 is 2.80 bits per heavy atom. The van der Waals surface area contributed by atoms with E-state index in [1.165, 1.54) is 12.8 Å². The third kappa shape index (κ3) is 2.86. The summed E-state index contributed by atoms with van der Waals surface area (Å²) in [6, 6.07) is 8.50. The molecule has 0 radical (unpaired) electrons. The van der Waals surface area contributed by atoms with Crippen molar-refractivity contribution < 1.29 is 0 Å². The van der Waals surface area contributed by atoms with Gasteiger partial charge in [-0.25, -0.2) is 0 Å². The van der Waals surface area contributed by atoms with Crippen molar-refractivity contribution in [1.29, 1.82) is 0 Å². The summed E-state index contributed by atoms with van der Waals surface area (Å²) in [6.45, 7) is 0. The number of benzene rings is 1. The van der Waals surface area contributed by atoms with E-state index >= 15 is 0 Å². The molecule has 1 aliphatic carbocycles. The zero-order valence-electron chi connectivity index (χ0n) is 8.75. The summed E-state index contributed by atoms with van der Waals surface area (Å²) in [4.78, 5) is 0. The van der Waals surface area contributed by atoms with Crippen LogP contribution in [0.4, 0.5) is 5.69 Å². The molecule has 1 saturated carbocycles. The molecule has 3 N–H and O–H groups in total. The fraction of sp³-hybridized carbons (Fsp3) is 0.500. The van der Waals surface area contributed by atoms with Crippen LogP contribution in [0.2, 0.25) is 5.02 Å². The number of anilines is 1. The standard InChI is InChI=1S/C12H17ClN2/c13-9-4-3-5-10(8-9)15-12-7-2-1-6-11(12)14/h3-5,8,11-12,15H,1-2,6-7,14H2/t11-,12-/m1/s1. The molecular formula is C12H17ClN2. The lowest BCUT2D eigenvalue weighted by Crippen LogP contribution is -2.42. The van der Waals surface area contributed by atoms with Gasteiger partial charge in [0.25, 0.3) is 0 Å². The molecule has 1 aromatic rings. The fourth-order valence-electron chi connectivity index (χ4n) is 2.13. The van der Waals surface area contributed by atoms with Crippen LogP contribution >= 0.6 is 11.6 Å². The van der Waals surface area contributed by atoms with E-state index < -0.39 is 0 Å². The molecule has 0 spiro atoms. The van der Waals surface area contributed by atoms with Gasteiger partial charge in [0.05, 0.1) is 0 Å². The molecule has 0 heterocycles. The number of nitrogens with one attached hydrogen (secondary N) is 1. The van der Waals surface area contributed by atoms with E-state index in [0.717, 1.165) is 23.6 Å². The summed E-state index contributed by atoms with van der Waals surface area (Å²) in [5, 5.41) is 4.23. The second-order valence-electron chi connectivity index (χ2n) is 4.21. The molecule has 2 rings (SSSR count). The number of nitrogens with two attached hydrogens (primary N) is 1. The average molecular weight is 225 g/mol. The van der Waals surface area contributed by atoms with Crippen molar-refractivity contribution in [3.63, 3.8) is 0 Å². The molecular weight excluding hydrogens is 208 g/mol. The highest BCUT2D eigenvalue weighted by Crippen LogP contribution is 2.22. The summed E-state index contributed by atoms with van der Waals surface area (Å²) in [6.07, 6.45) is 4.81. The molecule has 0 aliphatic heterocycles. The Balaban J connectivity index is 2.01. The van der Waals surface area contributed by atoms with E-state index in [0.29, 0.717) is 6.04 Å². The summed E-state index contributed by atoms with van der Waals surface area (Å²) >= 11 is 5.93. The minimum absolute atomic E-state index is 0.276. The first kappa shape index (κ1) is 10.8. The second kappa shape index (κ2) is 4.86. The Labute approximate surface area is 95.8 Å². The smallest absolute Gasteiger partial charge is 0.0426 e. The minimum Gasteiger partial charge on any atom is -0.381 e. The van der Waals surface area contributed by atoms with E-state index in [-0.39, 0.29) is 6.04 Å². The molecule has 0 unspecified atom stereocenters. The first-order valence-corrected chi connectivity index (χ1v) is 5.91. The van der Waals surface area contributed by atoms with Crippen molar-refractivity contribution >= 4 is 17.3 Å². The third-order valence-electron chi connectivity index (χ3n) is 3.00. The number of rotatable bonds is 2. The van der Waals surface area contributed by atoms with Gasteiger partial charge in [-0.3, -0.25) is 0 Å². The van der Waals surface area contributed by atoms with Crippen molar-refractivity contribution in [1.82, 2.24) is 0 Å². The third-order valence-corrected chi connectivity index (χ3v) is 3.23. The lowest BCUT2D eigenvalue weighted by molar-refractivity contribution is 0.404. The maximum Gasteiger partial charge on any atom is 0.0426 e. The number of hydrogen-bond donors (Lipinski definition) is 2. The highest BCUT2D eigenvalue weighted by atomic mass is 35.5. The van der Waals surface area contributed by atoms with Gasteiger partial charge < -0.3 is 11.1 Å². The molecule has 0 bridgehead atoms. The van der Waals surface area contributed by atoms with Crippen molar-refractivity contribution in [3.8, 4) is 0 Å². The second-order valence-corrected chi connectivity index (χ2v) is 4.65. The van der Waals surface area contributed by atoms with Gasteiger partial charge in [0.15, 0.2) is 0 Å². The minimum atomic E-state index is 0.276. The monoisotopic (exact) mass is 224 g/mol. The molecule has 1 aliphatic rings. The van der Waals surface area contributed by atoms with Crippen molar-refractivity contribution in [3.05, 3.63) is 29.3 Å². The lowest BCUT2D eigenvalue weighted by Gasteiger charge is -2.30. The van der Waals surface area contributed by atoms with Gasteiger partial charge in [-0.1, -0.05) is 30.5 Å². The van der Waals surface area contributed by atoms with Crippen LogP contribution < -0.4 is 11.1 Å². The summed E-state index contributed by atoms with van der Waals surface area (Å²) in [5.74, 6) is 0. The van der Waals surface area contributed by atoms with Gasteiger partial charge in [0.2, 0.25) is 0 Å². The van der Waals surface area contributed by atoms with Crippen molar-refractivity contribution in [2.45, 2.75) is 37.8 Å². The van der Waals surface area contributed by atoms with Gasteiger partial charge in [0, 0.05) is 22.8 Å². The van der Waals surface area contributed by atoms with Gasteiger partial charge in [-0.15, -0.1) is 0 Å². The summed E-state index contributed by atoms with van der Waals surface area (Å²) in [7, 11) is 0. The van der Waals surface area contributed by atoms with Gasteiger partial charge in [-0.2, -0.15) is 0 Å². The Morgan fingerprint density at radius 1 is 1.27 bits per heavy atom. The van der Waals surface area contributed by atoms with Gasteiger partial charge >= 0.3 is 0 Å². The molecule has 1 fully saturated rings.